The summed E-state index contributed by atoms with van der Waals surface area (Å²) < 4.78 is 0. The molecule has 1 unspecified atom stereocenters. The quantitative estimate of drug-likeness (QED) is 0.669. The number of fused-ring (bicyclic) bond motifs is 1. The molecule has 1 aromatic heterocycles. The summed E-state index contributed by atoms with van der Waals surface area (Å²) in [7, 11) is 0. The van der Waals surface area contributed by atoms with Crippen molar-refractivity contribution in [2.45, 2.75) is 26.3 Å². The molecule has 1 atom stereocenters. The maximum atomic E-state index is 12.3. The van der Waals surface area contributed by atoms with E-state index in [1.165, 1.54) is 6.92 Å². The van der Waals surface area contributed by atoms with E-state index in [-0.39, 0.29) is 24.3 Å². The third-order valence-electron chi connectivity index (χ3n) is 3.83. The predicted molar refractivity (Wildman–Crippen MR) is 97.1 cm³/mol. The first-order valence-corrected chi connectivity index (χ1v) is 8.12. The van der Waals surface area contributed by atoms with Crippen molar-refractivity contribution in [3.05, 3.63) is 59.9 Å². The Hall–Kier alpha value is -3.15. The van der Waals surface area contributed by atoms with Crippen LogP contribution in [-0.2, 0) is 16.0 Å². The molecule has 2 amide bonds. The fourth-order valence-electron chi connectivity index (χ4n) is 2.63. The standard InChI is InChI=1S/C19H20N4O2/c1-12(19-22-16-5-3-4-6-17(16)23-19)20-18(25)11-14-7-9-15(10-8-14)21-13(2)24/h3-10,12H,11H2,1-2H3,(H,20,25)(H,21,24)(H,22,23). The van der Waals surface area contributed by atoms with E-state index in [0.717, 1.165) is 22.4 Å². The number of imidazole rings is 1. The lowest BCUT2D eigenvalue weighted by atomic mass is 10.1. The van der Waals surface area contributed by atoms with Crippen molar-refractivity contribution in [2.75, 3.05) is 5.32 Å². The number of benzene rings is 2. The normalized spacial score (nSPS) is 11.9. The summed E-state index contributed by atoms with van der Waals surface area (Å²) >= 11 is 0. The SMILES string of the molecule is CC(=O)Nc1ccc(CC(=O)NC(C)c2nc3ccccc3[nH]2)cc1. The molecule has 3 N–H and O–H groups in total. The van der Waals surface area contributed by atoms with Gasteiger partial charge in [-0.1, -0.05) is 24.3 Å². The molecular formula is C19H20N4O2. The highest BCUT2D eigenvalue weighted by atomic mass is 16.2. The first kappa shape index (κ1) is 16.7. The molecule has 2 aromatic carbocycles. The van der Waals surface area contributed by atoms with E-state index >= 15 is 0 Å². The summed E-state index contributed by atoms with van der Waals surface area (Å²) in [6, 6.07) is 14.8. The van der Waals surface area contributed by atoms with Crippen LogP contribution in [0.5, 0.6) is 0 Å². The predicted octanol–water partition coefficient (Wildman–Crippen LogP) is 2.94. The summed E-state index contributed by atoms with van der Waals surface area (Å²) in [6.45, 7) is 3.36. The fraction of sp³-hybridized carbons (Fsp3) is 0.211. The molecule has 1 heterocycles. The topological polar surface area (TPSA) is 86.9 Å². The van der Waals surface area contributed by atoms with Crippen LogP contribution in [0, 0.1) is 0 Å². The Morgan fingerprint density at radius 3 is 2.52 bits per heavy atom. The Labute approximate surface area is 145 Å². The van der Waals surface area contributed by atoms with Gasteiger partial charge < -0.3 is 15.6 Å². The molecule has 6 heteroatoms. The smallest absolute Gasteiger partial charge is 0.224 e. The van der Waals surface area contributed by atoms with Crippen molar-refractivity contribution in [3.8, 4) is 0 Å². The monoisotopic (exact) mass is 336 g/mol. The number of rotatable bonds is 5. The Bertz CT molecular complexity index is 866. The molecule has 0 aliphatic heterocycles. The van der Waals surface area contributed by atoms with Crippen molar-refractivity contribution in [1.29, 1.82) is 0 Å². The number of hydrogen-bond donors (Lipinski definition) is 3. The molecule has 128 valence electrons. The molecule has 0 bridgehead atoms. The van der Waals surface area contributed by atoms with Gasteiger partial charge in [0.15, 0.2) is 0 Å². The number of carbonyl (C=O) groups is 2. The molecule has 0 saturated carbocycles. The van der Waals surface area contributed by atoms with E-state index in [1.54, 1.807) is 12.1 Å². The first-order chi connectivity index (χ1) is 12.0. The minimum Gasteiger partial charge on any atom is -0.346 e. The maximum absolute atomic E-state index is 12.3. The number of aromatic amines is 1. The Kier molecular flexibility index (Phi) is 4.79. The third kappa shape index (κ3) is 4.23. The largest absolute Gasteiger partial charge is 0.346 e. The van der Waals surface area contributed by atoms with Gasteiger partial charge >= 0.3 is 0 Å². The first-order valence-electron chi connectivity index (χ1n) is 8.12. The van der Waals surface area contributed by atoms with Crippen molar-refractivity contribution in [2.24, 2.45) is 0 Å². The molecule has 0 saturated heterocycles. The number of nitrogens with zero attached hydrogens (tertiary/aromatic N) is 1. The van der Waals surface area contributed by atoms with Crippen LogP contribution in [0.3, 0.4) is 0 Å². The Morgan fingerprint density at radius 1 is 1.12 bits per heavy atom. The summed E-state index contributed by atoms with van der Waals surface area (Å²) in [6.07, 6.45) is 0.269. The van der Waals surface area contributed by atoms with Gasteiger partial charge in [-0.3, -0.25) is 9.59 Å². The van der Waals surface area contributed by atoms with Gasteiger partial charge in [0.05, 0.1) is 23.5 Å². The Morgan fingerprint density at radius 2 is 1.84 bits per heavy atom. The lowest BCUT2D eigenvalue weighted by Crippen LogP contribution is -2.28. The van der Waals surface area contributed by atoms with E-state index in [4.69, 9.17) is 0 Å². The van der Waals surface area contributed by atoms with Crippen LogP contribution in [0.4, 0.5) is 5.69 Å². The highest BCUT2D eigenvalue weighted by Gasteiger charge is 2.13. The Balaban J connectivity index is 1.60. The highest BCUT2D eigenvalue weighted by Crippen LogP contribution is 2.16. The molecular weight excluding hydrogens is 316 g/mol. The van der Waals surface area contributed by atoms with Crippen LogP contribution in [0.25, 0.3) is 11.0 Å². The van der Waals surface area contributed by atoms with Gasteiger partial charge in [0.25, 0.3) is 0 Å². The lowest BCUT2D eigenvalue weighted by Gasteiger charge is -2.11. The second kappa shape index (κ2) is 7.17. The zero-order chi connectivity index (χ0) is 17.8. The van der Waals surface area contributed by atoms with Crippen LogP contribution in [0.15, 0.2) is 48.5 Å². The number of anilines is 1. The van der Waals surface area contributed by atoms with Crippen LogP contribution in [-0.4, -0.2) is 21.8 Å². The average molecular weight is 336 g/mol. The van der Waals surface area contributed by atoms with E-state index in [9.17, 15) is 9.59 Å². The van der Waals surface area contributed by atoms with E-state index < -0.39 is 0 Å². The van der Waals surface area contributed by atoms with Crippen LogP contribution in [0.1, 0.15) is 31.3 Å². The fourth-order valence-corrected chi connectivity index (χ4v) is 2.63. The van der Waals surface area contributed by atoms with Crippen molar-refractivity contribution >= 4 is 28.5 Å². The van der Waals surface area contributed by atoms with Gasteiger partial charge in [0.1, 0.15) is 5.82 Å². The summed E-state index contributed by atoms with van der Waals surface area (Å²) in [5, 5.41) is 5.65. The van der Waals surface area contributed by atoms with Gasteiger partial charge in [0.2, 0.25) is 11.8 Å². The van der Waals surface area contributed by atoms with Crippen molar-refractivity contribution in [3.63, 3.8) is 0 Å². The zero-order valence-electron chi connectivity index (χ0n) is 14.2. The van der Waals surface area contributed by atoms with Crippen LogP contribution in [0.2, 0.25) is 0 Å². The second-order valence-corrected chi connectivity index (χ2v) is 5.98. The molecule has 0 fully saturated rings. The summed E-state index contributed by atoms with van der Waals surface area (Å²) in [5.74, 6) is 0.529. The number of H-pyrrole nitrogens is 1. The van der Waals surface area contributed by atoms with Crippen molar-refractivity contribution < 1.29 is 9.59 Å². The van der Waals surface area contributed by atoms with Gasteiger partial charge in [-0.15, -0.1) is 0 Å². The van der Waals surface area contributed by atoms with Crippen molar-refractivity contribution in [1.82, 2.24) is 15.3 Å². The lowest BCUT2D eigenvalue weighted by molar-refractivity contribution is -0.121. The van der Waals surface area contributed by atoms with Crippen LogP contribution >= 0.6 is 0 Å². The number of hydrogen-bond acceptors (Lipinski definition) is 3. The summed E-state index contributed by atoms with van der Waals surface area (Å²) in [5.41, 5.74) is 3.43. The molecule has 25 heavy (non-hydrogen) atoms. The van der Waals surface area contributed by atoms with E-state index in [2.05, 4.69) is 20.6 Å². The van der Waals surface area contributed by atoms with E-state index in [1.807, 2.05) is 43.3 Å². The van der Waals surface area contributed by atoms with Gasteiger partial charge in [-0.25, -0.2) is 4.98 Å². The summed E-state index contributed by atoms with van der Waals surface area (Å²) in [4.78, 5) is 31.0. The van der Waals surface area contributed by atoms with Gasteiger partial charge in [-0.2, -0.15) is 0 Å². The minimum absolute atomic E-state index is 0.0831. The third-order valence-corrected chi connectivity index (χ3v) is 3.83. The number of carbonyl (C=O) groups excluding carboxylic acids is 2. The zero-order valence-corrected chi connectivity index (χ0v) is 14.2. The molecule has 0 spiro atoms. The van der Waals surface area contributed by atoms with Gasteiger partial charge in [0, 0.05) is 12.6 Å². The molecule has 0 aliphatic rings. The van der Waals surface area contributed by atoms with E-state index in [0.29, 0.717) is 5.69 Å². The number of nitrogens with one attached hydrogen (secondary N) is 3. The molecule has 3 aromatic rings. The molecule has 6 nitrogen and oxygen atoms in total. The molecule has 0 radical (unpaired) electrons. The number of aromatic nitrogens is 2. The minimum atomic E-state index is -0.210. The highest BCUT2D eigenvalue weighted by molar-refractivity contribution is 5.88. The van der Waals surface area contributed by atoms with Gasteiger partial charge in [-0.05, 0) is 36.8 Å². The average Bonchev–Trinajstić information content (AvgIpc) is 3.00. The number of amides is 2. The maximum Gasteiger partial charge on any atom is 0.224 e. The second-order valence-electron chi connectivity index (χ2n) is 5.98. The van der Waals surface area contributed by atoms with Crippen LogP contribution < -0.4 is 10.6 Å². The molecule has 3 rings (SSSR count). The molecule has 0 aliphatic carbocycles. The number of para-hydroxylation sites is 2.